The summed E-state index contributed by atoms with van der Waals surface area (Å²) in [5.74, 6) is 0. The molecular formula is C9H17N2O2. The summed E-state index contributed by atoms with van der Waals surface area (Å²) < 4.78 is 5.11. The van der Waals surface area contributed by atoms with Crippen LogP contribution in [0.2, 0.25) is 0 Å². The molecule has 0 bridgehead atoms. The Labute approximate surface area is 79.0 Å². The Bertz CT molecular complexity index is 181. The second-order valence-electron chi connectivity index (χ2n) is 4.26. The molecule has 1 atom stereocenters. The summed E-state index contributed by atoms with van der Waals surface area (Å²) in [6.07, 6.45) is 0.591. The summed E-state index contributed by atoms with van der Waals surface area (Å²) in [6, 6.07) is 0.176. The molecule has 1 heterocycles. The van der Waals surface area contributed by atoms with Crippen molar-refractivity contribution in [2.75, 3.05) is 13.1 Å². The number of amides is 1. The van der Waals surface area contributed by atoms with Gasteiger partial charge in [0.1, 0.15) is 5.60 Å². The van der Waals surface area contributed by atoms with E-state index >= 15 is 0 Å². The van der Waals surface area contributed by atoms with E-state index in [-0.39, 0.29) is 12.1 Å². The van der Waals surface area contributed by atoms with Gasteiger partial charge in [0, 0.05) is 19.1 Å². The number of rotatable bonds is 1. The van der Waals surface area contributed by atoms with Crippen LogP contribution in [0.15, 0.2) is 0 Å². The molecule has 0 spiro atoms. The van der Waals surface area contributed by atoms with Gasteiger partial charge >= 0.3 is 6.09 Å². The van der Waals surface area contributed by atoms with Crippen LogP contribution in [0, 0.1) is 0 Å². The Kier molecular flexibility index (Phi) is 3.14. The molecule has 13 heavy (non-hydrogen) atoms. The number of nitrogens with one attached hydrogen (secondary N) is 1. The lowest BCUT2D eigenvalue weighted by Gasteiger charge is -2.21. The van der Waals surface area contributed by atoms with Gasteiger partial charge in [-0.3, -0.25) is 0 Å². The van der Waals surface area contributed by atoms with Crippen molar-refractivity contribution in [1.82, 2.24) is 10.6 Å². The second kappa shape index (κ2) is 3.96. The van der Waals surface area contributed by atoms with Crippen LogP contribution in [-0.4, -0.2) is 30.8 Å². The predicted octanol–water partition coefficient (Wildman–Crippen LogP) is 0.888. The van der Waals surface area contributed by atoms with Gasteiger partial charge in [-0.15, -0.1) is 0 Å². The molecule has 0 aromatic heterocycles. The third kappa shape index (κ3) is 4.12. The number of ether oxygens (including phenoxy) is 1. The first-order valence-corrected chi connectivity index (χ1v) is 4.60. The van der Waals surface area contributed by atoms with Crippen molar-refractivity contribution in [2.45, 2.75) is 38.8 Å². The van der Waals surface area contributed by atoms with Gasteiger partial charge in [-0.05, 0) is 27.2 Å². The highest BCUT2D eigenvalue weighted by molar-refractivity contribution is 5.68. The van der Waals surface area contributed by atoms with Gasteiger partial charge in [0.2, 0.25) is 0 Å². The third-order valence-corrected chi connectivity index (χ3v) is 1.71. The largest absolute Gasteiger partial charge is 0.444 e. The molecule has 0 aromatic carbocycles. The van der Waals surface area contributed by atoms with Crippen molar-refractivity contribution >= 4 is 6.09 Å². The molecular weight excluding hydrogens is 168 g/mol. The zero-order valence-electron chi connectivity index (χ0n) is 8.46. The summed E-state index contributed by atoms with van der Waals surface area (Å²) in [5.41, 5.74) is -0.417. The molecule has 1 N–H and O–H groups in total. The quantitative estimate of drug-likeness (QED) is 0.659. The normalized spacial score (nSPS) is 22.8. The van der Waals surface area contributed by atoms with Crippen LogP contribution in [0.4, 0.5) is 4.79 Å². The summed E-state index contributed by atoms with van der Waals surface area (Å²) in [6.45, 7) is 7.13. The van der Waals surface area contributed by atoms with E-state index in [1.807, 2.05) is 20.8 Å². The van der Waals surface area contributed by atoms with Crippen molar-refractivity contribution in [3.8, 4) is 0 Å². The maximum atomic E-state index is 11.2. The van der Waals surface area contributed by atoms with Gasteiger partial charge in [-0.1, -0.05) is 0 Å². The van der Waals surface area contributed by atoms with Crippen molar-refractivity contribution < 1.29 is 9.53 Å². The van der Waals surface area contributed by atoms with E-state index in [1.54, 1.807) is 0 Å². The minimum absolute atomic E-state index is 0.176. The van der Waals surface area contributed by atoms with E-state index in [1.165, 1.54) is 0 Å². The maximum Gasteiger partial charge on any atom is 0.407 e. The van der Waals surface area contributed by atoms with E-state index in [4.69, 9.17) is 4.74 Å². The first-order valence-electron chi connectivity index (χ1n) is 4.60. The molecule has 75 valence electrons. The molecule has 4 heteroatoms. The fourth-order valence-electron chi connectivity index (χ4n) is 1.18. The van der Waals surface area contributed by atoms with Crippen LogP contribution in [0.5, 0.6) is 0 Å². The minimum Gasteiger partial charge on any atom is -0.444 e. The lowest BCUT2D eigenvalue weighted by atomic mass is 10.2. The highest BCUT2D eigenvalue weighted by Crippen LogP contribution is 2.07. The Balaban J connectivity index is 2.24. The molecule has 1 aliphatic rings. The SMILES string of the molecule is CC(C)(C)OC(=O)N[C@H]1CC[N]C1. The Morgan fingerprint density at radius 2 is 2.23 bits per heavy atom. The second-order valence-corrected chi connectivity index (χ2v) is 4.26. The topological polar surface area (TPSA) is 52.4 Å². The van der Waals surface area contributed by atoms with E-state index in [2.05, 4.69) is 10.6 Å². The lowest BCUT2D eigenvalue weighted by Crippen LogP contribution is -2.39. The molecule has 0 saturated carbocycles. The zero-order chi connectivity index (χ0) is 9.90. The molecule has 1 aliphatic heterocycles. The average molecular weight is 185 g/mol. The van der Waals surface area contributed by atoms with E-state index in [9.17, 15) is 4.79 Å². The molecule has 4 nitrogen and oxygen atoms in total. The van der Waals surface area contributed by atoms with Gasteiger partial charge in [-0.25, -0.2) is 10.1 Å². The van der Waals surface area contributed by atoms with Crippen LogP contribution in [-0.2, 0) is 4.74 Å². The summed E-state index contributed by atoms with van der Waals surface area (Å²) in [4.78, 5) is 11.2. The smallest absolute Gasteiger partial charge is 0.407 e. The zero-order valence-corrected chi connectivity index (χ0v) is 8.46. The van der Waals surface area contributed by atoms with Crippen molar-refractivity contribution in [2.24, 2.45) is 0 Å². The first kappa shape index (κ1) is 10.3. The van der Waals surface area contributed by atoms with Crippen LogP contribution >= 0.6 is 0 Å². The number of carbonyl (C=O) groups excluding carboxylic acids is 1. The number of alkyl carbamates (subject to hydrolysis) is 1. The van der Waals surface area contributed by atoms with Gasteiger partial charge in [0.25, 0.3) is 0 Å². The highest BCUT2D eigenvalue weighted by atomic mass is 16.6. The Hall–Kier alpha value is -0.770. The summed E-state index contributed by atoms with van der Waals surface area (Å²) in [5, 5.41) is 6.92. The third-order valence-electron chi connectivity index (χ3n) is 1.71. The standard InChI is InChI=1S/C9H17N2O2/c1-9(2,3)13-8(12)11-7-4-5-10-6-7/h7H,4-6H2,1-3H3,(H,11,12)/t7-/m0/s1. The minimum atomic E-state index is -0.417. The van der Waals surface area contributed by atoms with Gasteiger partial charge < -0.3 is 10.1 Å². The monoisotopic (exact) mass is 185 g/mol. The number of hydrogen-bond donors (Lipinski definition) is 1. The van der Waals surface area contributed by atoms with Crippen LogP contribution < -0.4 is 10.6 Å². The maximum absolute atomic E-state index is 11.2. The van der Waals surface area contributed by atoms with Crippen molar-refractivity contribution in [3.05, 3.63) is 0 Å². The number of carbonyl (C=O) groups is 1. The van der Waals surface area contributed by atoms with Gasteiger partial charge in [0.15, 0.2) is 0 Å². The van der Waals surface area contributed by atoms with Gasteiger partial charge in [-0.2, -0.15) is 0 Å². The molecule has 0 aliphatic carbocycles. The van der Waals surface area contributed by atoms with Gasteiger partial charge in [0.05, 0.1) is 0 Å². The average Bonchev–Trinajstić information content (AvgIpc) is 2.34. The predicted molar refractivity (Wildman–Crippen MR) is 49.6 cm³/mol. The van der Waals surface area contributed by atoms with E-state index < -0.39 is 5.60 Å². The van der Waals surface area contributed by atoms with E-state index in [0.29, 0.717) is 0 Å². The fraction of sp³-hybridized carbons (Fsp3) is 0.889. The molecule has 0 unspecified atom stereocenters. The molecule has 1 radical (unpaired) electrons. The number of nitrogens with zero attached hydrogens (tertiary/aromatic N) is 1. The van der Waals surface area contributed by atoms with Crippen molar-refractivity contribution in [3.63, 3.8) is 0 Å². The highest BCUT2D eigenvalue weighted by Gasteiger charge is 2.21. The van der Waals surface area contributed by atoms with Crippen LogP contribution in [0.25, 0.3) is 0 Å². The molecule has 1 rings (SSSR count). The molecule has 0 aromatic rings. The summed E-state index contributed by atoms with van der Waals surface area (Å²) >= 11 is 0. The molecule has 1 amide bonds. The lowest BCUT2D eigenvalue weighted by molar-refractivity contribution is 0.0508. The fourth-order valence-corrected chi connectivity index (χ4v) is 1.18. The van der Waals surface area contributed by atoms with E-state index in [0.717, 1.165) is 19.5 Å². The first-order chi connectivity index (χ1) is 5.97. The molecule has 1 fully saturated rings. The van der Waals surface area contributed by atoms with Crippen LogP contribution in [0.3, 0.4) is 0 Å². The Morgan fingerprint density at radius 1 is 1.54 bits per heavy atom. The Morgan fingerprint density at radius 3 is 2.69 bits per heavy atom. The van der Waals surface area contributed by atoms with Crippen molar-refractivity contribution in [1.29, 1.82) is 0 Å². The van der Waals surface area contributed by atoms with Crippen LogP contribution in [0.1, 0.15) is 27.2 Å². The molecule has 1 saturated heterocycles. The number of hydrogen-bond acceptors (Lipinski definition) is 2. The summed E-state index contributed by atoms with van der Waals surface area (Å²) in [7, 11) is 0.